The van der Waals surface area contributed by atoms with Gasteiger partial charge in [-0.3, -0.25) is 4.79 Å². The third-order valence-electron chi connectivity index (χ3n) is 5.87. The van der Waals surface area contributed by atoms with Crippen molar-refractivity contribution in [2.45, 2.75) is 52.6 Å². The maximum Gasteiger partial charge on any atom is 0.255 e. The molecule has 0 saturated carbocycles. The van der Waals surface area contributed by atoms with Gasteiger partial charge in [0.15, 0.2) is 6.61 Å². The molecule has 2 aromatic carbocycles. The van der Waals surface area contributed by atoms with E-state index in [1.165, 1.54) is 11.1 Å². The number of rotatable bonds is 15. The molecule has 188 valence electrons. The first-order valence-electron chi connectivity index (χ1n) is 12.3. The van der Waals surface area contributed by atoms with Gasteiger partial charge in [-0.2, -0.15) is 0 Å². The van der Waals surface area contributed by atoms with Gasteiger partial charge in [0.05, 0.1) is 0 Å². The van der Waals surface area contributed by atoms with Crippen LogP contribution in [0.2, 0.25) is 5.02 Å². The highest BCUT2D eigenvalue weighted by atomic mass is 35.5. The predicted molar refractivity (Wildman–Crippen MR) is 143 cm³/mol. The zero-order valence-corrected chi connectivity index (χ0v) is 21.9. The minimum absolute atomic E-state index is 0.0741. The highest BCUT2D eigenvalue weighted by molar-refractivity contribution is 6.30. The number of amides is 1. The molecular formula is C27H42ClN4O2+. The van der Waals surface area contributed by atoms with Gasteiger partial charge in [-0.05, 0) is 55.6 Å². The van der Waals surface area contributed by atoms with E-state index in [-0.39, 0.29) is 11.9 Å². The molecule has 0 aromatic heterocycles. The number of hydrogen-bond donors (Lipinski definition) is 3. The summed E-state index contributed by atoms with van der Waals surface area (Å²) >= 11 is 6.13. The Morgan fingerprint density at radius 2 is 1.79 bits per heavy atom. The molecule has 1 amide bonds. The minimum Gasteiger partial charge on any atom is -0.581 e. The standard InChI is InChI=1S/C27H41ClN4O2/c1-5-24(31-6-2)18-30-13-11-27(33)32(14-12-29)26(22-7-9-23(28)10-8-22)19-34-25-16-20(3)15-21(4)17-25/h7-10,15-17,24,26,30-31H,5-6,11-14,18-19,29H2,1-4H3/p+1/t24-,26?/m1/s1. The van der Waals surface area contributed by atoms with Crippen molar-refractivity contribution < 1.29 is 9.53 Å². The van der Waals surface area contributed by atoms with Crippen LogP contribution in [0.15, 0.2) is 42.5 Å². The molecule has 2 aromatic rings. The monoisotopic (exact) mass is 489 g/mol. The highest BCUT2D eigenvalue weighted by Crippen LogP contribution is 2.26. The second-order valence-electron chi connectivity index (χ2n) is 8.75. The number of aryl methyl sites for hydroxylation is 2. The van der Waals surface area contributed by atoms with Crippen LogP contribution in [-0.2, 0) is 4.79 Å². The lowest BCUT2D eigenvalue weighted by atomic mass is 10.0. The predicted octanol–water partition coefficient (Wildman–Crippen LogP) is 4.09. The van der Waals surface area contributed by atoms with Gasteiger partial charge in [0.2, 0.25) is 5.91 Å². The van der Waals surface area contributed by atoms with E-state index in [0.29, 0.717) is 43.7 Å². The molecule has 5 N–H and O–H groups in total. The fourth-order valence-electron chi connectivity index (χ4n) is 4.16. The highest BCUT2D eigenvalue weighted by Gasteiger charge is 2.27. The zero-order chi connectivity index (χ0) is 24.9. The topological polar surface area (TPSA) is 83.2 Å². The number of aliphatic hydroxyl groups is 1. The summed E-state index contributed by atoms with van der Waals surface area (Å²) in [5, 5.41) is 7.54. The maximum absolute atomic E-state index is 13.3. The summed E-state index contributed by atoms with van der Waals surface area (Å²) in [7, 11) is 0. The number of carbonyl (C=O) groups excluding carboxylic acids is 1. The van der Waals surface area contributed by atoms with Crippen molar-refractivity contribution in [3.8, 4) is 5.75 Å². The van der Waals surface area contributed by atoms with Crippen LogP contribution in [0, 0.1) is 13.8 Å². The first-order chi connectivity index (χ1) is 16.4. The van der Waals surface area contributed by atoms with Gasteiger partial charge in [0.1, 0.15) is 6.04 Å². The molecule has 0 aliphatic rings. The Morgan fingerprint density at radius 3 is 2.38 bits per heavy atom. The second kappa shape index (κ2) is 15.0. The third kappa shape index (κ3) is 9.26. The number of ether oxygens (including phenoxy) is 1. The average molecular weight is 490 g/mol. The lowest BCUT2D eigenvalue weighted by Gasteiger charge is -2.31. The Hall–Kier alpha value is -2.12. The summed E-state index contributed by atoms with van der Waals surface area (Å²) in [6.07, 6.45) is 1.46. The van der Waals surface area contributed by atoms with Crippen LogP contribution in [0.5, 0.6) is 5.75 Å². The van der Waals surface area contributed by atoms with Crippen molar-refractivity contribution in [1.82, 2.24) is 15.5 Å². The Kier molecular flexibility index (Phi) is 12.4. The molecule has 2 rings (SSSR count). The van der Waals surface area contributed by atoms with Crippen molar-refractivity contribution >= 4 is 17.5 Å². The van der Waals surface area contributed by atoms with Crippen molar-refractivity contribution in [3.05, 3.63) is 64.2 Å². The number of halogens is 1. The number of aromatic hydroxyl groups is 1. The number of nitrogens with two attached hydrogens (primary N) is 1. The number of nitrogens with one attached hydrogen (secondary N) is 2. The van der Waals surface area contributed by atoms with E-state index >= 15 is 0 Å². The SMILES string of the molecule is CCN[C@H](CC)CNCCC(=O)N(CCN)C(C[OH+]c1cc(C)cc(C)c1)c1ccc(Cl)cc1. The quantitative estimate of drug-likeness (QED) is 0.260. The molecule has 0 heterocycles. The van der Waals surface area contributed by atoms with E-state index in [1.54, 1.807) is 0 Å². The molecule has 0 aliphatic heterocycles. The Balaban J connectivity index is 2.13. The first-order valence-corrected chi connectivity index (χ1v) is 12.7. The molecule has 0 spiro atoms. The number of nitrogens with zero attached hydrogens (tertiary/aromatic N) is 1. The summed E-state index contributed by atoms with van der Waals surface area (Å²) in [6, 6.07) is 14.1. The van der Waals surface area contributed by atoms with Gasteiger partial charge < -0.3 is 26.0 Å². The molecule has 1 unspecified atom stereocenters. The van der Waals surface area contributed by atoms with Crippen LogP contribution in [0.4, 0.5) is 0 Å². The largest absolute Gasteiger partial charge is 0.581 e. The summed E-state index contributed by atoms with van der Waals surface area (Å²) in [5.41, 5.74) is 9.28. The molecular weight excluding hydrogens is 448 g/mol. The fourth-order valence-corrected chi connectivity index (χ4v) is 4.29. The van der Waals surface area contributed by atoms with Crippen molar-refractivity contribution in [2.75, 3.05) is 39.3 Å². The van der Waals surface area contributed by atoms with Gasteiger partial charge in [-0.15, -0.1) is 0 Å². The Bertz CT molecular complexity index is 855. The van der Waals surface area contributed by atoms with E-state index in [1.807, 2.05) is 29.2 Å². The van der Waals surface area contributed by atoms with Crippen LogP contribution in [0.1, 0.15) is 49.4 Å². The van der Waals surface area contributed by atoms with E-state index < -0.39 is 0 Å². The van der Waals surface area contributed by atoms with Gasteiger partial charge in [-0.1, -0.05) is 43.6 Å². The molecule has 34 heavy (non-hydrogen) atoms. The van der Waals surface area contributed by atoms with E-state index in [2.05, 4.69) is 56.5 Å². The van der Waals surface area contributed by atoms with Gasteiger partial charge >= 0.3 is 0 Å². The summed E-state index contributed by atoms with van der Waals surface area (Å²) in [5.74, 6) is 0.998. The molecule has 2 atom stereocenters. The Labute approximate surface area is 210 Å². The van der Waals surface area contributed by atoms with Crippen LogP contribution in [-0.4, -0.2) is 60.9 Å². The molecule has 0 radical (unpaired) electrons. The number of carbonyl (C=O) groups is 1. The van der Waals surface area contributed by atoms with Gasteiger partial charge in [0, 0.05) is 55.8 Å². The normalized spacial score (nSPS) is 12.9. The van der Waals surface area contributed by atoms with Crippen molar-refractivity contribution in [2.24, 2.45) is 5.73 Å². The summed E-state index contributed by atoms with van der Waals surface area (Å²) in [4.78, 5) is 15.2. The number of benzene rings is 2. The third-order valence-corrected chi connectivity index (χ3v) is 6.12. The Morgan fingerprint density at radius 1 is 1.12 bits per heavy atom. The van der Waals surface area contributed by atoms with Crippen LogP contribution in [0.3, 0.4) is 0 Å². The average Bonchev–Trinajstić information content (AvgIpc) is 2.80. The van der Waals surface area contributed by atoms with Crippen molar-refractivity contribution in [1.29, 1.82) is 0 Å². The summed E-state index contributed by atoms with van der Waals surface area (Å²) < 4.78 is 4.87. The minimum atomic E-state index is -0.209. The van der Waals surface area contributed by atoms with Gasteiger partial charge in [0.25, 0.3) is 5.75 Å². The smallest absolute Gasteiger partial charge is 0.255 e. The molecule has 0 bridgehead atoms. The lowest BCUT2D eigenvalue weighted by Crippen LogP contribution is -2.43. The van der Waals surface area contributed by atoms with Crippen LogP contribution >= 0.6 is 11.6 Å². The fraction of sp³-hybridized carbons (Fsp3) is 0.519. The summed E-state index contributed by atoms with van der Waals surface area (Å²) in [6.45, 7) is 12.2. The van der Waals surface area contributed by atoms with Crippen molar-refractivity contribution in [3.63, 3.8) is 0 Å². The van der Waals surface area contributed by atoms with E-state index in [4.69, 9.17) is 22.1 Å². The zero-order valence-electron chi connectivity index (χ0n) is 21.1. The molecule has 0 saturated heterocycles. The van der Waals surface area contributed by atoms with Crippen LogP contribution in [0.25, 0.3) is 0 Å². The second-order valence-corrected chi connectivity index (χ2v) is 9.18. The van der Waals surface area contributed by atoms with Gasteiger partial charge in [-0.25, -0.2) is 0 Å². The molecule has 0 aliphatic carbocycles. The molecule has 7 heteroatoms. The lowest BCUT2D eigenvalue weighted by molar-refractivity contribution is -0.136. The molecule has 6 nitrogen and oxygen atoms in total. The van der Waals surface area contributed by atoms with E-state index in [0.717, 1.165) is 30.8 Å². The molecule has 0 fully saturated rings. The first kappa shape index (κ1) is 28.1. The maximum atomic E-state index is 13.3. The number of likely N-dealkylation sites (N-methyl/N-ethyl adjacent to an activating group) is 1. The van der Waals surface area contributed by atoms with Crippen LogP contribution < -0.4 is 16.4 Å². The van der Waals surface area contributed by atoms with E-state index in [9.17, 15) is 4.79 Å². The number of hydrogen-bond acceptors (Lipinski definition) is 4.